The predicted octanol–water partition coefficient (Wildman–Crippen LogP) is 4.77. The lowest BCUT2D eigenvalue weighted by Crippen LogP contribution is -2.41. The first kappa shape index (κ1) is 23.2. The fourth-order valence-electron chi connectivity index (χ4n) is 4.43. The van der Waals surface area contributed by atoms with Crippen LogP contribution in [-0.4, -0.2) is 29.0 Å². The van der Waals surface area contributed by atoms with Crippen LogP contribution in [0.15, 0.2) is 52.6 Å². The van der Waals surface area contributed by atoms with E-state index >= 15 is 0 Å². The fraction of sp³-hybridized carbons (Fsp3) is 0.269. The van der Waals surface area contributed by atoms with Crippen LogP contribution in [0.2, 0.25) is 0 Å². The van der Waals surface area contributed by atoms with E-state index in [1.54, 1.807) is 0 Å². The van der Waals surface area contributed by atoms with E-state index in [0.717, 1.165) is 22.8 Å². The zero-order chi connectivity index (χ0) is 24.5. The van der Waals surface area contributed by atoms with Crippen molar-refractivity contribution in [3.05, 3.63) is 81.0 Å². The Hall–Kier alpha value is -3.59. The molecule has 0 radical (unpaired) electrons. The number of rotatable bonds is 5. The molecule has 0 atom stereocenters. The van der Waals surface area contributed by atoms with Gasteiger partial charge in [-0.3, -0.25) is 14.6 Å². The summed E-state index contributed by atoms with van der Waals surface area (Å²) in [7, 11) is 0. The molecule has 3 heterocycles. The van der Waals surface area contributed by atoms with Crippen molar-refractivity contribution in [1.82, 2.24) is 15.3 Å². The summed E-state index contributed by atoms with van der Waals surface area (Å²) in [4.78, 5) is 35.1. The number of thiophene rings is 1. The van der Waals surface area contributed by atoms with Crippen molar-refractivity contribution in [2.45, 2.75) is 26.3 Å². The normalized spacial score (nSPS) is 14.4. The van der Waals surface area contributed by atoms with Gasteiger partial charge in [0.15, 0.2) is 0 Å². The number of fused-ring (bicyclic) bond motifs is 1. The first-order valence-corrected chi connectivity index (χ1v) is 12.3. The molecule has 1 saturated heterocycles. The molecule has 0 unspecified atom stereocenters. The molecule has 4 aromatic rings. The van der Waals surface area contributed by atoms with Crippen LogP contribution in [-0.2, 0) is 11.3 Å². The van der Waals surface area contributed by atoms with E-state index in [1.807, 2.05) is 35.4 Å². The molecule has 1 aliphatic heterocycles. The van der Waals surface area contributed by atoms with Crippen LogP contribution >= 0.6 is 11.3 Å². The standard InChI is InChI=1S/C26H24F2N4O2S/c1-15-3-2-4-17(11-15)20-14-35-23-22(20)30-26(31-25(23)34)32-9-7-16(8-10-32)24(33)29-13-18-5-6-19(27)12-21(18)28/h2-6,11-12,14,16H,7-10,13H2,1H3,(H,29,33)(H,30,31,34). The van der Waals surface area contributed by atoms with Crippen LogP contribution in [0.1, 0.15) is 24.0 Å². The third-order valence-corrected chi connectivity index (χ3v) is 7.34. The van der Waals surface area contributed by atoms with Crippen molar-refractivity contribution in [2.75, 3.05) is 18.0 Å². The van der Waals surface area contributed by atoms with Crippen LogP contribution < -0.4 is 15.8 Å². The van der Waals surface area contributed by atoms with Crippen molar-refractivity contribution in [3.8, 4) is 11.1 Å². The summed E-state index contributed by atoms with van der Waals surface area (Å²) in [5, 5.41) is 4.72. The molecular formula is C26H24F2N4O2S. The van der Waals surface area contributed by atoms with Crippen molar-refractivity contribution in [3.63, 3.8) is 0 Å². The van der Waals surface area contributed by atoms with Crippen LogP contribution in [0, 0.1) is 24.5 Å². The first-order chi connectivity index (χ1) is 16.9. The number of nitrogens with zero attached hydrogens (tertiary/aromatic N) is 2. The number of hydrogen-bond acceptors (Lipinski definition) is 5. The number of halogens is 2. The second-order valence-corrected chi connectivity index (χ2v) is 9.68. The molecule has 1 fully saturated rings. The molecule has 9 heteroatoms. The summed E-state index contributed by atoms with van der Waals surface area (Å²) in [5.74, 6) is -1.21. The van der Waals surface area contributed by atoms with Gasteiger partial charge in [0.25, 0.3) is 5.56 Å². The number of aryl methyl sites for hydroxylation is 1. The third-order valence-electron chi connectivity index (χ3n) is 6.38. The van der Waals surface area contributed by atoms with Gasteiger partial charge in [-0.15, -0.1) is 11.3 Å². The second kappa shape index (κ2) is 9.58. The number of carbonyl (C=O) groups excluding carboxylic acids is 1. The molecule has 5 rings (SSSR count). The van der Waals surface area contributed by atoms with Crippen LogP contribution in [0.5, 0.6) is 0 Å². The number of aromatic amines is 1. The zero-order valence-corrected chi connectivity index (χ0v) is 19.9. The lowest BCUT2D eigenvalue weighted by atomic mass is 9.96. The molecule has 6 nitrogen and oxygen atoms in total. The molecule has 35 heavy (non-hydrogen) atoms. The summed E-state index contributed by atoms with van der Waals surface area (Å²) >= 11 is 1.38. The van der Waals surface area contributed by atoms with Crippen LogP contribution in [0.25, 0.3) is 21.3 Å². The van der Waals surface area contributed by atoms with E-state index in [-0.39, 0.29) is 29.5 Å². The molecule has 2 aromatic carbocycles. The highest BCUT2D eigenvalue weighted by atomic mass is 32.1. The van der Waals surface area contributed by atoms with Gasteiger partial charge >= 0.3 is 0 Å². The molecule has 0 saturated carbocycles. The van der Waals surface area contributed by atoms with Gasteiger partial charge in [0.1, 0.15) is 16.3 Å². The number of anilines is 1. The number of benzene rings is 2. The van der Waals surface area contributed by atoms with Crippen LogP contribution in [0.4, 0.5) is 14.7 Å². The Balaban J connectivity index is 1.28. The molecular weight excluding hydrogens is 470 g/mol. The smallest absolute Gasteiger partial charge is 0.270 e. The molecule has 1 amide bonds. The Morgan fingerprint density at radius 2 is 2.00 bits per heavy atom. The number of hydrogen-bond donors (Lipinski definition) is 2. The number of aromatic nitrogens is 2. The van der Waals surface area contributed by atoms with E-state index in [4.69, 9.17) is 4.98 Å². The molecule has 180 valence electrons. The average Bonchev–Trinajstić information content (AvgIpc) is 3.28. The molecule has 0 aliphatic carbocycles. The van der Waals surface area contributed by atoms with Gasteiger partial charge in [-0.05, 0) is 31.4 Å². The Kier molecular flexibility index (Phi) is 6.34. The van der Waals surface area contributed by atoms with E-state index in [0.29, 0.717) is 42.1 Å². The predicted molar refractivity (Wildman–Crippen MR) is 134 cm³/mol. The SMILES string of the molecule is Cc1cccc(-c2csc3c(=O)[nH]c(N4CCC(C(=O)NCc5ccc(F)cc5F)CC4)nc23)c1. The van der Waals surface area contributed by atoms with Crippen molar-refractivity contribution >= 4 is 33.4 Å². The quantitative estimate of drug-likeness (QED) is 0.419. The minimum atomic E-state index is -0.677. The van der Waals surface area contributed by atoms with Crippen molar-refractivity contribution in [2.24, 2.45) is 5.92 Å². The summed E-state index contributed by atoms with van der Waals surface area (Å²) in [6.45, 7) is 3.15. The minimum absolute atomic E-state index is 0.0105. The monoisotopic (exact) mass is 494 g/mol. The number of amides is 1. The Bertz CT molecular complexity index is 1460. The molecule has 2 N–H and O–H groups in total. The van der Waals surface area contributed by atoms with Gasteiger partial charge in [-0.25, -0.2) is 13.8 Å². The van der Waals surface area contributed by atoms with E-state index in [2.05, 4.69) is 16.4 Å². The number of carbonyl (C=O) groups is 1. The molecule has 0 spiro atoms. The zero-order valence-electron chi connectivity index (χ0n) is 19.1. The first-order valence-electron chi connectivity index (χ1n) is 11.4. The maximum atomic E-state index is 13.8. The number of piperidine rings is 1. The summed E-state index contributed by atoms with van der Waals surface area (Å²) in [6.07, 6.45) is 1.15. The molecule has 2 aromatic heterocycles. The van der Waals surface area contributed by atoms with Crippen molar-refractivity contribution < 1.29 is 13.6 Å². The van der Waals surface area contributed by atoms with Gasteiger partial charge in [0, 0.05) is 48.1 Å². The van der Waals surface area contributed by atoms with Gasteiger partial charge in [-0.1, -0.05) is 35.9 Å². The fourth-order valence-corrected chi connectivity index (χ4v) is 5.34. The third kappa shape index (κ3) is 4.81. The maximum Gasteiger partial charge on any atom is 0.270 e. The highest BCUT2D eigenvalue weighted by Gasteiger charge is 2.27. The second-order valence-electron chi connectivity index (χ2n) is 8.80. The van der Waals surface area contributed by atoms with E-state index < -0.39 is 11.6 Å². The van der Waals surface area contributed by atoms with Crippen molar-refractivity contribution in [1.29, 1.82) is 0 Å². The highest BCUT2D eigenvalue weighted by molar-refractivity contribution is 7.17. The summed E-state index contributed by atoms with van der Waals surface area (Å²) < 4.78 is 27.5. The highest BCUT2D eigenvalue weighted by Crippen LogP contribution is 2.32. The van der Waals surface area contributed by atoms with Gasteiger partial charge < -0.3 is 10.2 Å². The van der Waals surface area contributed by atoms with Crippen LogP contribution in [0.3, 0.4) is 0 Å². The van der Waals surface area contributed by atoms with Gasteiger partial charge in [0.2, 0.25) is 11.9 Å². The van der Waals surface area contributed by atoms with E-state index in [9.17, 15) is 18.4 Å². The van der Waals surface area contributed by atoms with E-state index in [1.165, 1.54) is 23.5 Å². The molecule has 1 aliphatic rings. The Morgan fingerprint density at radius 1 is 1.20 bits per heavy atom. The van der Waals surface area contributed by atoms with Gasteiger partial charge in [-0.2, -0.15) is 0 Å². The Labute approximate surface area is 204 Å². The summed E-state index contributed by atoms with van der Waals surface area (Å²) in [6, 6.07) is 11.4. The average molecular weight is 495 g/mol. The minimum Gasteiger partial charge on any atom is -0.352 e. The lowest BCUT2D eigenvalue weighted by molar-refractivity contribution is -0.125. The summed E-state index contributed by atoms with van der Waals surface area (Å²) in [5.41, 5.74) is 3.84. The number of nitrogens with one attached hydrogen (secondary N) is 2. The molecule has 0 bridgehead atoms. The topological polar surface area (TPSA) is 78.1 Å². The number of H-pyrrole nitrogens is 1. The lowest BCUT2D eigenvalue weighted by Gasteiger charge is -2.31. The largest absolute Gasteiger partial charge is 0.352 e. The maximum absolute atomic E-state index is 13.8. The van der Waals surface area contributed by atoms with Gasteiger partial charge in [0.05, 0.1) is 5.52 Å². The Morgan fingerprint density at radius 3 is 2.74 bits per heavy atom.